The van der Waals surface area contributed by atoms with Gasteiger partial charge in [-0.05, 0) is 42.2 Å². The predicted molar refractivity (Wildman–Crippen MR) is 78.8 cm³/mol. The lowest BCUT2D eigenvalue weighted by atomic mass is 9.78. The Morgan fingerprint density at radius 2 is 1.89 bits per heavy atom. The second-order valence-electron chi connectivity index (χ2n) is 6.29. The fraction of sp³-hybridized carbons (Fsp3) is 0.647. The maximum Gasteiger partial charge on any atom is 0.0152 e. The Balaban J connectivity index is 2.07. The van der Waals surface area contributed by atoms with Gasteiger partial charge in [-0.1, -0.05) is 58.0 Å². The minimum Gasteiger partial charge on any atom is -0.313 e. The number of benzene rings is 1. The summed E-state index contributed by atoms with van der Waals surface area (Å²) < 4.78 is 0. The first-order chi connectivity index (χ1) is 8.60. The number of hydrogen-bond acceptors (Lipinski definition) is 1. The van der Waals surface area contributed by atoms with Gasteiger partial charge in [0, 0.05) is 6.04 Å². The van der Waals surface area contributed by atoms with Gasteiger partial charge in [0.25, 0.3) is 0 Å². The summed E-state index contributed by atoms with van der Waals surface area (Å²) in [6.45, 7) is 10.4. The van der Waals surface area contributed by atoms with Crippen molar-refractivity contribution in [2.24, 2.45) is 11.3 Å². The Morgan fingerprint density at radius 1 is 1.22 bits per heavy atom. The van der Waals surface area contributed by atoms with E-state index in [0.717, 1.165) is 18.4 Å². The first-order valence-electron chi connectivity index (χ1n) is 7.38. The summed E-state index contributed by atoms with van der Waals surface area (Å²) in [6, 6.07) is 11.7. The molecule has 0 spiro atoms. The van der Waals surface area contributed by atoms with Crippen LogP contribution in [0.25, 0.3) is 0 Å². The molecule has 3 atom stereocenters. The van der Waals surface area contributed by atoms with Gasteiger partial charge in [0.2, 0.25) is 0 Å². The Kier molecular flexibility index (Phi) is 4.11. The fourth-order valence-electron chi connectivity index (χ4n) is 3.11. The molecule has 1 fully saturated rings. The molecular formula is C17H27N. The van der Waals surface area contributed by atoms with Crippen molar-refractivity contribution in [1.29, 1.82) is 0 Å². The van der Waals surface area contributed by atoms with E-state index in [0.29, 0.717) is 11.5 Å². The van der Waals surface area contributed by atoms with Crippen molar-refractivity contribution < 1.29 is 0 Å². The minimum absolute atomic E-state index is 0.393. The molecule has 3 unspecified atom stereocenters. The van der Waals surface area contributed by atoms with Crippen LogP contribution in [0, 0.1) is 11.3 Å². The fourth-order valence-corrected chi connectivity index (χ4v) is 3.11. The van der Waals surface area contributed by atoms with Crippen LogP contribution in [0.5, 0.6) is 0 Å². The molecule has 0 aromatic heterocycles. The van der Waals surface area contributed by atoms with Gasteiger partial charge < -0.3 is 5.32 Å². The second-order valence-corrected chi connectivity index (χ2v) is 6.29. The van der Waals surface area contributed by atoms with Gasteiger partial charge in [0.15, 0.2) is 0 Å². The van der Waals surface area contributed by atoms with E-state index in [4.69, 9.17) is 0 Å². The molecule has 18 heavy (non-hydrogen) atoms. The standard InChI is InChI=1S/C17H27N/c1-5-17(3,4)16(18-6-2)15-12-14(15)13-10-8-7-9-11-13/h7-11,14-16,18H,5-6,12H2,1-4H3. The summed E-state index contributed by atoms with van der Waals surface area (Å²) in [4.78, 5) is 0. The van der Waals surface area contributed by atoms with Gasteiger partial charge in [-0.3, -0.25) is 0 Å². The van der Waals surface area contributed by atoms with Gasteiger partial charge in [-0.2, -0.15) is 0 Å². The predicted octanol–water partition coefficient (Wildman–Crippen LogP) is 4.20. The smallest absolute Gasteiger partial charge is 0.0152 e. The molecule has 0 aliphatic heterocycles. The Morgan fingerprint density at radius 3 is 2.44 bits per heavy atom. The van der Waals surface area contributed by atoms with Crippen LogP contribution >= 0.6 is 0 Å². The van der Waals surface area contributed by atoms with Crippen molar-refractivity contribution in [2.45, 2.75) is 52.5 Å². The molecular weight excluding hydrogens is 218 g/mol. The van der Waals surface area contributed by atoms with Crippen LogP contribution in [0.1, 0.15) is 52.0 Å². The van der Waals surface area contributed by atoms with E-state index in [1.807, 2.05) is 0 Å². The molecule has 1 saturated carbocycles. The number of hydrogen-bond donors (Lipinski definition) is 1. The lowest BCUT2D eigenvalue weighted by molar-refractivity contribution is 0.209. The van der Waals surface area contributed by atoms with E-state index >= 15 is 0 Å². The average molecular weight is 245 g/mol. The number of rotatable bonds is 6. The molecule has 0 saturated heterocycles. The van der Waals surface area contributed by atoms with E-state index < -0.39 is 0 Å². The van der Waals surface area contributed by atoms with Crippen molar-refractivity contribution in [2.75, 3.05) is 6.54 Å². The maximum atomic E-state index is 3.74. The molecule has 1 aliphatic carbocycles. The molecule has 0 amide bonds. The number of nitrogens with one attached hydrogen (secondary N) is 1. The lowest BCUT2D eigenvalue weighted by Gasteiger charge is -2.35. The van der Waals surface area contributed by atoms with Crippen LogP contribution in [0.2, 0.25) is 0 Å². The third-order valence-corrected chi connectivity index (χ3v) is 4.67. The summed E-state index contributed by atoms with van der Waals surface area (Å²) in [5.41, 5.74) is 1.92. The SMILES string of the molecule is CCNC(C1CC1c1ccccc1)C(C)(C)CC. The topological polar surface area (TPSA) is 12.0 Å². The highest BCUT2D eigenvalue weighted by Crippen LogP contribution is 2.53. The van der Waals surface area contributed by atoms with Gasteiger partial charge in [-0.25, -0.2) is 0 Å². The van der Waals surface area contributed by atoms with E-state index in [9.17, 15) is 0 Å². The largest absolute Gasteiger partial charge is 0.313 e. The highest BCUT2D eigenvalue weighted by Gasteiger charge is 2.48. The van der Waals surface area contributed by atoms with Crippen LogP contribution in [-0.2, 0) is 0 Å². The summed E-state index contributed by atoms with van der Waals surface area (Å²) >= 11 is 0. The Hall–Kier alpha value is -0.820. The first kappa shape index (κ1) is 13.6. The molecule has 1 aromatic rings. The van der Waals surface area contributed by atoms with E-state index in [1.165, 1.54) is 18.4 Å². The van der Waals surface area contributed by atoms with Crippen LogP contribution in [0.4, 0.5) is 0 Å². The molecule has 1 nitrogen and oxygen atoms in total. The Labute approximate surface area is 112 Å². The van der Waals surface area contributed by atoms with E-state index in [-0.39, 0.29) is 0 Å². The normalized spacial score (nSPS) is 24.9. The minimum atomic E-state index is 0.393. The molecule has 1 aromatic carbocycles. The summed E-state index contributed by atoms with van der Waals surface area (Å²) in [5, 5.41) is 3.74. The zero-order chi connectivity index (χ0) is 13.2. The second kappa shape index (κ2) is 5.44. The lowest BCUT2D eigenvalue weighted by Crippen LogP contribution is -2.43. The van der Waals surface area contributed by atoms with Crippen LogP contribution in [0.3, 0.4) is 0 Å². The zero-order valence-corrected chi connectivity index (χ0v) is 12.2. The van der Waals surface area contributed by atoms with Crippen molar-refractivity contribution in [1.82, 2.24) is 5.32 Å². The third-order valence-electron chi connectivity index (χ3n) is 4.67. The molecule has 2 rings (SSSR count). The molecule has 100 valence electrons. The van der Waals surface area contributed by atoms with Gasteiger partial charge in [-0.15, -0.1) is 0 Å². The van der Waals surface area contributed by atoms with Crippen molar-refractivity contribution >= 4 is 0 Å². The molecule has 0 bridgehead atoms. The molecule has 1 heteroatoms. The van der Waals surface area contributed by atoms with Gasteiger partial charge in [0.05, 0.1) is 0 Å². The molecule has 0 heterocycles. The van der Waals surface area contributed by atoms with Crippen LogP contribution in [-0.4, -0.2) is 12.6 Å². The third kappa shape index (κ3) is 2.77. The molecule has 0 radical (unpaired) electrons. The highest BCUT2D eigenvalue weighted by molar-refractivity contribution is 5.27. The summed E-state index contributed by atoms with van der Waals surface area (Å²) in [6.07, 6.45) is 2.59. The van der Waals surface area contributed by atoms with Crippen molar-refractivity contribution in [3.63, 3.8) is 0 Å². The quantitative estimate of drug-likeness (QED) is 0.792. The average Bonchev–Trinajstić information content (AvgIpc) is 3.17. The van der Waals surface area contributed by atoms with E-state index in [2.05, 4.69) is 63.3 Å². The zero-order valence-electron chi connectivity index (χ0n) is 12.2. The first-order valence-corrected chi connectivity index (χ1v) is 7.38. The van der Waals surface area contributed by atoms with Crippen LogP contribution < -0.4 is 5.32 Å². The Bertz CT molecular complexity index is 368. The highest BCUT2D eigenvalue weighted by atomic mass is 14.9. The van der Waals surface area contributed by atoms with E-state index in [1.54, 1.807) is 0 Å². The van der Waals surface area contributed by atoms with Crippen molar-refractivity contribution in [3.05, 3.63) is 35.9 Å². The van der Waals surface area contributed by atoms with Crippen molar-refractivity contribution in [3.8, 4) is 0 Å². The maximum absolute atomic E-state index is 3.74. The monoisotopic (exact) mass is 245 g/mol. The van der Waals surface area contributed by atoms with Gasteiger partial charge in [0.1, 0.15) is 0 Å². The molecule has 1 aliphatic rings. The van der Waals surface area contributed by atoms with Crippen LogP contribution in [0.15, 0.2) is 30.3 Å². The molecule has 1 N–H and O–H groups in total. The summed E-state index contributed by atoms with van der Waals surface area (Å²) in [5.74, 6) is 1.60. The summed E-state index contributed by atoms with van der Waals surface area (Å²) in [7, 11) is 0. The van der Waals surface area contributed by atoms with Gasteiger partial charge >= 0.3 is 0 Å².